The molecule has 0 atom stereocenters. The minimum Gasteiger partial charge on any atom is -0.398 e. The van der Waals surface area contributed by atoms with E-state index < -0.39 is 11.7 Å². The Balaban J connectivity index is 1.46. The van der Waals surface area contributed by atoms with Gasteiger partial charge in [0, 0.05) is 49.0 Å². The molecule has 3 N–H and O–H groups in total. The second-order valence-corrected chi connectivity index (χ2v) is 7.27. The van der Waals surface area contributed by atoms with Crippen molar-refractivity contribution in [2.24, 2.45) is 0 Å². The fraction of sp³-hybridized carbons (Fsp3) is 0.190. The van der Waals surface area contributed by atoms with Gasteiger partial charge in [-0.1, -0.05) is 29.8 Å². The molecule has 0 aliphatic carbocycles. The summed E-state index contributed by atoms with van der Waals surface area (Å²) < 4.78 is 0. The number of para-hydroxylation sites is 1. The molecule has 148 valence electrons. The number of piperazine rings is 1. The van der Waals surface area contributed by atoms with Gasteiger partial charge in [0.05, 0.1) is 16.1 Å². The van der Waals surface area contributed by atoms with E-state index in [0.717, 1.165) is 0 Å². The number of carbonyl (C=O) groups is 3. The normalized spacial score (nSPS) is 14.2. The largest absolute Gasteiger partial charge is 0.398 e. The van der Waals surface area contributed by atoms with Crippen molar-refractivity contribution in [2.75, 3.05) is 31.9 Å². The first-order chi connectivity index (χ1) is 14.0. The number of carbonyl (C=O) groups excluding carboxylic acids is 3. The summed E-state index contributed by atoms with van der Waals surface area (Å²) in [7, 11) is 0. The second kappa shape index (κ2) is 7.60. The van der Waals surface area contributed by atoms with Gasteiger partial charge < -0.3 is 20.5 Å². The van der Waals surface area contributed by atoms with E-state index >= 15 is 0 Å². The Bertz CT molecular complexity index is 1120. The van der Waals surface area contributed by atoms with Crippen molar-refractivity contribution in [3.05, 3.63) is 64.8 Å². The number of aromatic nitrogens is 1. The summed E-state index contributed by atoms with van der Waals surface area (Å²) in [6.45, 7) is 1.22. The lowest BCUT2D eigenvalue weighted by atomic mass is 10.1. The first-order valence-electron chi connectivity index (χ1n) is 9.20. The predicted octanol–water partition coefficient (Wildman–Crippen LogP) is 2.57. The number of aromatic amines is 1. The van der Waals surface area contributed by atoms with E-state index in [1.807, 2.05) is 0 Å². The number of H-pyrrole nitrogens is 1. The highest BCUT2D eigenvalue weighted by Crippen LogP contribution is 2.27. The lowest BCUT2D eigenvalue weighted by molar-refractivity contribution is -0.127. The van der Waals surface area contributed by atoms with Crippen LogP contribution in [0.4, 0.5) is 5.69 Å². The zero-order valence-corrected chi connectivity index (χ0v) is 16.3. The van der Waals surface area contributed by atoms with Crippen molar-refractivity contribution < 1.29 is 14.4 Å². The van der Waals surface area contributed by atoms with Crippen LogP contribution in [0.2, 0.25) is 5.02 Å². The number of anilines is 1. The van der Waals surface area contributed by atoms with E-state index in [2.05, 4.69) is 4.98 Å². The minimum atomic E-state index is -0.614. The molecule has 1 aliphatic heterocycles. The number of amides is 2. The number of nitrogens with one attached hydrogen (secondary N) is 1. The monoisotopic (exact) mass is 410 g/mol. The van der Waals surface area contributed by atoms with Gasteiger partial charge in [0.1, 0.15) is 0 Å². The number of ketones is 1. The van der Waals surface area contributed by atoms with Gasteiger partial charge in [-0.05, 0) is 24.3 Å². The molecule has 2 heterocycles. The fourth-order valence-corrected chi connectivity index (χ4v) is 3.83. The Morgan fingerprint density at radius 1 is 0.897 bits per heavy atom. The third kappa shape index (κ3) is 3.45. The number of halogens is 1. The SMILES string of the molecule is Nc1ccccc1C(=O)N1CCN(C(=O)C(=O)c2c[nH]c3cccc(Cl)c23)CC1. The molecule has 2 amide bonds. The van der Waals surface area contributed by atoms with Crippen LogP contribution in [0.5, 0.6) is 0 Å². The molecule has 0 spiro atoms. The molecule has 8 heteroatoms. The number of nitrogen functional groups attached to an aromatic ring is 1. The third-order valence-electron chi connectivity index (χ3n) is 5.14. The van der Waals surface area contributed by atoms with E-state index in [-0.39, 0.29) is 24.6 Å². The molecule has 4 rings (SSSR count). The molecule has 0 saturated carbocycles. The Morgan fingerprint density at radius 3 is 2.31 bits per heavy atom. The van der Waals surface area contributed by atoms with E-state index in [1.165, 1.54) is 11.1 Å². The highest BCUT2D eigenvalue weighted by molar-refractivity contribution is 6.47. The lowest BCUT2D eigenvalue weighted by Crippen LogP contribution is -2.52. The van der Waals surface area contributed by atoms with Gasteiger partial charge >= 0.3 is 0 Å². The summed E-state index contributed by atoms with van der Waals surface area (Å²) in [6, 6.07) is 12.1. The molecule has 0 radical (unpaired) electrons. The summed E-state index contributed by atoms with van der Waals surface area (Å²) in [5.41, 5.74) is 7.70. The number of hydrogen-bond donors (Lipinski definition) is 2. The summed E-state index contributed by atoms with van der Waals surface area (Å²) in [5, 5.41) is 0.955. The van der Waals surface area contributed by atoms with E-state index in [4.69, 9.17) is 17.3 Å². The topological polar surface area (TPSA) is 99.5 Å². The molecule has 0 unspecified atom stereocenters. The van der Waals surface area contributed by atoms with Gasteiger partial charge in [-0.15, -0.1) is 0 Å². The molecule has 1 fully saturated rings. The number of fused-ring (bicyclic) bond motifs is 1. The molecule has 1 saturated heterocycles. The van der Waals surface area contributed by atoms with Gasteiger partial charge in [0.15, 0.2) is 0 Å². The van der Waals surface area contributed by atoms with Crippen LogP contribution in [0.15, 0.2) is 48.7 Å². The Labute approximate surface area is 172 Å². The van der Waals surface area contributed by atoms with Crippen molar-refractivity contribution in [3.8, 4) is 0 Å². The van der Waals surface area contributed by atoms with Gasteiger partial charge in [-0.3, -0.25) is 14.4 Å². The van der Waals surface area contributed by atoms with E-state index in [9.17, 15) is 14.4 Å². The van der Waals surface area contributed by atoms with Crippen LogP contribution in [-0.2, 0) is 4.79 Å². The first kappa shape index (κ1) is 19.0. The average molecular weight is 411 g/mol. The van der Waals surface area contributed by atoms with Gasteiger partial charge in [0.2, 0.25) is 0 Å². The van der Waals surface area contributed by atoms with Crippen molar-refractivity contribution in [3.63, 3.8) is 0 Å². The first-order valence-corrected chi connectivity index (χ1v) is 9.58. The van der Waals surface area contributed by atoms with Gasteiger partial charge in [-0.25, -0.2) is 0 Å². The van der Waals surface area contributed by atoms with Crippen molar-refractivity contribution in [2.45, 2.75) is 0 Å². The molecular formula is C21H19ClN4O3. The van der Waals surface area contributed by atoms with Crippen molar-refractivity contribution >= 4 is 45.8 Å². The maximum Gasteiger partial charge on any atom is 0.295 e. The minimum absolute atomic E-state index is 0.176. The highest BCUT2D eigenvalue weighted by atomic mass is 35.5. The summed E-state index contributed by atoms with van der Waals surface area (Å²) in [4.78, 5) is 44.3. The van der Waals surface area contributed by atoms with E-state index in [0.29, 0.717) is 40.3 Å². The van der Waals surface area contributed by atoms with Crippen LogP contribution in [-0.4, -0.2) is 58.6 Å². The smallest absolute Gasteiger partial charge is 0.295 e. The van der Waals surface area contributed by atoms with Crippen LogP contribution >= 0.6 is 11.6 Å². The average Bonchev–Trinajstić information content (AvgIpc) is 3.18. The third-order valence-corrected chi connectivity index (χ3v) is 5.45. The van der Waals surface area contributed by atoms with Crippen molar-refractivity contribution in [1.82, 2.24) is 14.8 Å². The van der Waals surface area contributed by atoms with Gasteiger partial charge in [0.25, 0.3) is 17.6 Å². The number of Topliss-reactive ketones (excluding diaryl/α,β-unsaturated/α-hetero) is 1. The quantitative estimate of drug-likeness (QED) is 0.393. The Kier molecular flexibility index (Phi) is 4.98. The zero-order chi connectivity index (χ0) is 20.5. The maximum atomic E-state index is 12.8. The molecule has 1 aromatic heterocycles. The number of nitrogens with two attached hydrogens (primary N) is 1. The second-order valence-electron chi connectivity index (χ2n) is 6.87. The molecule has 2 aromatic carbocycles. The molecular weight excluding hydrogens is 392 g/mol. The fourth-order valence-electron chi connectivity index (χ4n) is 3.55. The Morgan fingerprint density at radius 2 is 1.59 bits per heavy atom. The lowest BCUT2D eigenvalue weighted by Gasteiger charge is -2.34. The standard InChI is InChI=1S/C21H19ClN4O3/c22-15-5-3-7-17-18(15)14(12-24-17)19(27)21(29)26-10-8-25(9-11-26)20(28)13-4-1-2-6-16(13)23/h1-7,12,24H,8-11,23H2. The summed E-state index contributed by atoms with van der Waals surface area (Å²) >= 11 is 6.21. The number of nitrogens with zero attached hydrogens (tertiary/aromatic N) is 2. The molecule has 7 nitrogen and oxygen atoms in total. The molecule has 1 aliphatic rings. The van der Waals surface area contributed by atoms with Crippen LogP contribution in [0.1, 0.15) is 20.7 Å². The van der Waals surface area contributed by atoms with E-state index in [1.54, 1.807) is 47.4 Å². The number of rotatable bonds is 3. The van der Waals surface area contributed by atoms with Crippen LogP contribution < -0.4 is 5.73 Å². The number of hydrogen-bond acceptors (Lipinski definition) is 4. The van der Waals surface area contributed by atoms with Crippen LogP contribution in [0.25, 0.3) is 10.9 Å². The van der Waals surface area contributed by atoms with Crippen LogP contribution in [0.3, 0.4) is 0 Å². The van der Waals surface area contributed by atoms with Crippen LogP contribution in [0, 0.1) is 0 Å². The highest BCUT2D eigenvalue weighted by Gasteiger charge is 2.30. The maximum absolute atomic E-state index is 12.8. The number of benzene rings is 2. The summed E-state index contributed by atoms with van der Waals surface area (Å²) in [6.07, 6.45) is 1.51. The molecule has 29 heavy (non-hydrogen) atoms. The molecule has 0 bridgehead atoms. The molecule has 3 aromatic rings. The summed E-state index contributed by atoms with van der Waals surface area (Å²) in [5.74, 6) is -1.39. The predicted molar refractivity (Wildman–Crippen MR) is 111 cm³/mol. The van der Waals surface area contributed by atoms with Gasteiger partial charge in [-0.2, -0.15) is 0 Å². The zero-order valence-electron chi connectivity index (χ0n) is 15.5. The Hall–Kier alpha value is -3.32. The van der Waals surface area contributed by atoms with Crippen molar-refractivity contribution in [1.29, 1.82) is 0 Å².